The molecule has 2 heteroatoms. The summed E-state index contributed by atoms with van der Waals surface area (Å²) in [5, 5.41) is 7.18. The Labute approximate surface area is 337 Å². The van der Waals surface area contributed by atoms with Gasteiger partial charge in [-0.25, -0.2) is 0 Å². The highest BCUT2D eigenvalue weighted by molar-refractivity contribution is 6.10. The third-order valence-electron chi connectivity index (χ3n) is 11.5. The SMILES string of the molecule is c1ccc(-c2ccc(-c3cccc4c3oc3cc(N(c5ccc(-c6ccc7ccccc7c6)cc5)c5ccc(-c6cccc7ccccc67)cc5)ccc34)cc2)cc1. The molecule has 0 atom stereocenters. The molecule has 1 heterocycles. The van der Waals surface area contributed by atoms with Gasteiger partial charge in [0.15, 0.2) is 0 Å². The van der Waals surface area contributed by atoms with Gasteiger partial charge in [-0.1, -0.05) is 176 Å². The summed E-state index contributed by atoms with van der Waals surface area (Å²) in [7, 11) is 0. The molecule has 10 aromatic carbocycles. The Hall–Kier alpha value is -7.68. The van der Waals surface area contributed by atoms with Crippen molar-refractivity contribution in [2.75, 3.05) is 4.90 Å². The molecule has 11 aromatic rings. The molecule has 272 valence electrons. The van der Waals surface area contributed by atoms with Crippen molar-refractivity contribution in [3.8, 4) is 44.5 Å². The van der Waals surface area contributed by atoms with Crippen LogP contribution in [0.4, 0.5) is 17.1 Å². The molecule has 0 bridgehead atoms. The minimum atomic E-state index is 0.853. The van der Waals surface area contributed by atoms with Crippen molar-refractivity contribution in [2.24, 2.45) is 0 Å². The summed E-state index contributed by atoms with van der Waals surface area (Å²) in [6.45, 7) is 0. The van der Waals surface area contributed by atoms with Gasteiger partial charge >= 0.3 is 0 Å². The average molecular weight is 740 g/mol. The Kier molecular flexibility index (Phi) is 8.19. The van der Waals surface area contributed by atoms with Crippen molar-refractivity contribution < 1.29 is 4.42 Å². The maximum Gasteiger partial charge on any atom is 0.143 e. The van der Waals surface area contributed by atoms with Gasteiger partial charge in [0.2, 0.25) is 0 Å². The topological polar surface area (TPSA) is 16.4 Å². The summed E-state index contributed by atoms with van der Waals surface area (Å²) in [5.74, 6) is 0. The van der Waals surface area contributed by atoms with E-state index in [-0.39, 0.29) is 0 Å². The minimum Gasteiger partial charge on any atom is -0.455 e. The van der Waals surface area contributed by atoms with E-state index in [1.807, 2.05) is 0 Å². The van der Waals surface area contributed by atoms with E-state index in [4.69, 9.17) is 4.42 Å². The monoisotopic (exact) mass is 739 g/mol. The van der Waals surface area contributed by atoms with E-state index in [1.54, 1.807) is 0 Å². The van der Waals surface area contributed by atoms with Crippen LogP contribution in [0.15, 0.2) is 229 Å². The summed E-state index contributed by atoms with van der Waals surface area (Å²) in [5.41, 5.74) is 14.3. The van der Waals surface area contributed by atoms with E-state index >= 15 is 0 Å². The highest BCUT2D eigenvalue weighted by Crippen LogP contribution is 2.42. The Bertz CT molecular complexity index is 3250. The number of rotatable bonds is 7. The normalized spacial score (nSPS) is 11.4. The van der Waals surface area contributed by atoms with E-state index in [0.29, 0.717) is 0 Å². The van der Waals surface area contributed by atoms with Gasteiger partial charge in [0.05, 0.1) is 0 Å². The molecule has 0 spiro atoms. The lowest BCUT2D eigenvalue weighted by Gasteiger charge is -2.26. The summed E-state index contributed by atoms with van der Waals surface area (Å²) in [6.07, 6.45) is 0. The number of para-hydroxylation sites is 1. The zero-order chi connectivity index (χ0) is 38.4. The molecule has 58 heavy (non-hydrogen) atoms. The van der Waals surface area contributed by atoms with Gasteiger partial charge in [0, 0.05) is 39.5 Å². The van der Waals surface area contributed by atoms with E-state index < -0.39 is 0 Å². The first-order valence-electron chi connectivity index (χ1n) is 19.8. The van der Waals surface area contributed by atoms with Gasteiger partial charge in [-0.05, 0) is 103 Å². The predicted molar refractivity (Wildman–Crippen MR) is 245 cm³/mol. The number of benzene rings is 10. The lowest BCUT2D eigenvalue weighted by Crippen LogP contribution is -2.09. The molecule has 0 radical (unpaired) electrons. The molecule has 2 nitrogen and oxygen atoms in total. The molecule has 1 aromatic heterocycles. The summed E-state index contributed by atoms with van der Waals surface area (Å²) in [6, 6.07) is 80.5. The second-order valence-corrected chi connectivity index (χ2v) is 14.9. The molecular formula is C56H37NO. The third-order valence-corrected chi connectivity index (χ3v) is 11.5. The number of hydrogen-bond donors (Lipinski definition) is 0. The molecule has 0 aliphatic heterocycles. The molecule has 0 aliphatic carbocycles. The fraction of sp³-hybridized carbons (Fsp3) is 0. The number of fused-ring (bicyclic) bond motifs is 5. The Morgan fingerprint density at radius 3 is 1.59 bits per heavy atom. The predicted octanol–water partition coefficient (Wildman–Crippen LogP) is 16.0. The number of hydrogen-bond acceptors (Lipinski definition) is 2. The second-order valence-electron chi connectivity index (χ2n) is 14.9. The van der Waals surface area contributed by atoms with Crippen LogP contribution >= 0.6 is 0 Å². The number of anilines is 3. The van der Waals surface area contributed by atoms with E-state index in [2.05, 4.69) is 229 Å². The molecule has 0 saturated heterocycles. The van der Waals surface area contributed by atoms with Crippen molar-refractivity contribution >= 4 is 60.5 Å². The van der Waals surface area contributed by atoms with Crippen molar-refractivity contribution in [1.82, 2.24) is 0 Å². The van der Waals surface area contributed by atoms with Gasteiger partial charge < -0.3 is 9.32 Å². The molecule has 0 aliphatic rings. The van der Waals surface area contributed by atoms with Crippen LogP contribution in [0.1, 0.15) is 0 Å². The quantitative estimate of drug-likeness (QED) is 0.162. The highest BCUT2D eigenvalue weighted by atomic mass is 16.3. The fourth-order valence-electron chi connectivity index (χ4n) is 8.51. The lowest BCUT2D eigenvalue weighted by atomic mass is 9.98. The van der Waals surface area contributed by atoms with Crippen LogP contribution in [0.25, 0.3) is 88.0 Å². The summed E-state index contributed by atoms with van der Waals surface area (Å²) < 4.78 is 6.82. The van der Waals surface area contributed by atoms with E-state index in [1.165, 1.54) is 54.9 Å². The van der Waals surface area contributed by atoms with Crippen LogP contribution in [0, 0.1) is 0 Å². The molecule has 11 rings (SSSR count). The molecule has 0 fully saturated rings. The van der Waals surface area contributed by atoms with Crippen LogP contribution in [0.2, 0.25) is 0 Å². The van der Waals surface area contributed by atoms with Crippen LogP contribution in [0.3, 0.4) is 0 Å². The van der Waals surface area contributed by atoms with Gasteiger partial charge in [0.25, 0.3) is 0 Å². The van der Waals surface area contributed by atoms with E-state index in [9.17, 15) is 0 Å². The molecular weight excluding hydrogens is 703 g/mol. The van der Waals surface area contributed by atoms with Crippen molar-refractivity contribution in [3.63, 3.8) is 0 Å². The smallest absolute Gasteiger partial charge is 0.143 e. The zero-order valence-corrected chi connectivity index (χ0v) is 31.7. The van der Waals surface area contributed by atoms with Crippen molar-refractivity contribution in [3.05, 3.63) is 224 Å². The minimum absolute atomic E-state index is 0.853. The van der Waals surface area contributed by atoms with Crippen LogP contribution in [-0.2, 0) is 0 Å². The first kappa shape index (κ1) is 33.6. The standard InChI is InChI=1S/C56H37NO/c1-2-10-38(11-3-1)40-20-23-44(24-21-40)52-18-9-19-54-53-35-34-49(37-55(53)58-56(52)54)57(47-30-26-41(27-31-47)46-25-22-39-12-4-5-14-45(39)36-46)48-32-28-43(29-33-48)51-17-8-15-42-13-6-7-16-50(42)51/h1-37H. The maximum absolute atomic E-state index is 6.82. The average Bonchev–Trinajstić information content (AvgIpc) is 3.68. The van der Waals surface area contributed by atoms with Crippen LogP contribution in [-0.4, -0.2) is 0 Å². The maximum atomic E-state index is 6.82. The van der Waals surface area contributed by atoms with Gasteiger partial charge in [-0.2, -0.15) is 0 Å². The summed E-state index contributed by atoms with van der Waals surface area (Å²) >= 11 is 0. The number of nitrogens with zero attached hydrogens (tertiary/aromatic N) is 1. The Balaban J connectivity index is 1.00. The molecule has 0 amide bonds. The van der Waals surface area contributed by atoms with E-state index in [0.717, 1.165) is 50.1 Å². The zero-order valence-electron chi connectivity index (χ0n) is 31.7. The highest BCUT2D eigenvalue weighted by Gasteiger charge is 2.18. The molecule has 0 unspecified atom stereocenters. The van der Waals surface area contributed by atoms with Gasteiger partial charge in [-0.3, -0.25) is 0 Å². The second kappa shape index (κ2) is 14.1. The van der Waals surface area contributed by atoms with Gasteiger partial charge in [-0.15, -0.1) is 0 Å². The van der Waals surface area contributed by atoms with Crippen molar-refractivity contribution in [1.29, 1.82) is 0 Å². The fourth-order valence-corrected chi connectivity index (χ4v) is 8.51. The Morgan fingerprint density at radius 2 is 0.793 bits per heavy atom. The molecule has 0 saturated carbocycles. The lowest BCUT2D eigenvalue weighted by molar-refractivity contribution is 0.670. The number of furan rings is 1. The first-order valence-corrected chi connectivity index (χ1v) is 19.8. The van der Waals surface area contributed by atoms with Gasteiger partial charge in [0.1, 0.15) is 11.2 Å². The first-order chi connectivity index (χ1) is 28.7. The summed E-state index contributed by atoms with van der Waals surface area (Å²) in [4.78, 5) is 2.33. The van der Waals surface area contributed by atoms with Crippen molar-refractivity contribution in [2.45, 2.75) is 0 Å². The Morgan fingerprint density at radius 1 is 0.276 bits per heavy atom. The van der Waals surface area contributed by atoms with Crippen LogP contribution in [0.5, 0.6) is 0 Å². The third kappa shape index (κ3) is 6.00. The largest absolute Gasteiger partial charge is 0.455 e. The molecule has 0 N–H and O–H groups in total. The van der Waals surface area contributed by atoms with Crippen LogP contribution < -0.4 is 4.90 Å².